The van der Waals surface area contributed by atoms with Crippen LogP contribution in [0.2, 0.25) is 0 Å². The number of benzene rings is 1. The van der Waals surface area contributed by atoms with Gasteiger partial charge in [0.25, 0.3) is 0 Å². The zero-order valence-corrected chi connectivity index (χ0v) is 9.74. The van der Waals surface area contributed by atoms with Crippen molar-refractivity contribution in [3.05, 3.63) is 23.5 Å². The first-order valence-corrected chi connectivity index (χ1v) is 5.94. The molecule has 0 saturated heterocycles. The Bertz CT molecular complexity index is 531. The fraction of sp³-hybridized carbons (Fsp3) is 0.462. The van der Waals surface area contributed by atoms with E-state index < -0.39 is 11.4 Å². The normalized spacial score (nSPS) is 19.6. The summed E-state index contributed by atoms with van der Waals surface area (Å²) in [4.78, 5) is 14.5. The monoisotopic (exact) mass is 249 g/mol. The minimum absolute atomic E-state index is 0.0274. The number of nitrogens with zero attached hydrogens (tertiary/aromatic N) is 1. The Morgan fingerprint density at radius 3 is 2.78 bits per heavy atom. The fourth-order valence-corrected chi connectivity index (χ4v) is 2.75. The predicted molar refractivity (Wildman–Crippen MR) is 60.8 cm³/mol. The van der Waals surface area contributed by atoms with Crippen LogP contribution in [0.15, 0.2) is 17.1 Å². The number of carbonyl (C=O) groups excluding carboxylic acids is 1. The van der Waals surface area contributed by atoms with E-state index >= 15 is 0 Å². The van der Waals surface area contributed by atoms with Gasteiger partial charge in [-0.1, -0.05) is 12.8 Å². The standard InChI is InChI=1S/C13H12FNO3/c14-10-5-9(6-11-12(10)18-8-17-11)13(15-7-16)3-1-2-4-13/h5-6H,1-4,8H2. The third-order valence-electron chi connectivity index (χ3n) is 3.65. The lowest BCUT2D eigenvalue weighted by Gasteiger charge is -2.23. The average molecular weight is 249 g/mol. The van der Waals surface area contributed by atoms with Gasteiger partial charge in [-0.2, -0.15) is 4.99 Å². The number of rotatable bonds is 2. The maximum absolute atomic E-state index is 13.9. The van der Waals surface area contributed by atoms with Crippen LogP contribution in [0.25, 0.3) is 0 Å². The number of aliphatic imine (C=N–C) groups is 1. The van der Waals surface area contributed by atoms with Crippen molar-refractivity contribution in [2.24, 2.45) is 4.99 Å². The molecule has 1 aliphatic carbocycles. The quantitative estimate of drug-likeness (QED) is 0.598. The molecule has 1 aromatic carbocycles. The number of halogens is 1. The lowest BCUT2D eigenvalue weighted by Crippen LogP contribution is -2.19. The first kappa shape index (κ1) is 11.2. The highest BCUT2D eigenvalue weighted by Crippen LogP contribution is 2.46. The van der Waals surface area contributed by atoms with E-state index in [0.717, 1.165) is 25.7 Å². The van der Waals surface area contributed by atoms with Gasteiger partial charge in [-0.05, 0) is 30.5 Å². The lowest BCUT2D eigenvalue weighted by molar-refractivity contribution is 0.171. The van der Waals surface area contributed by atoms with Gasteiger partial charge >= 0.3 is 0 Å². The minimum Gasteiger partial charge on any atom is -0.453 e. The molecular weight excluding hydrogens is 237 g/mol. The number of fused-ring (bicyclic) bond motifs is 1. The van der Waals surface area contributed by atoms with Gasteiger partial charge in [0.2, 0.25) is 18.6 Å². The Kier molecular flexibility index (Phi) is 2.56. The topological polar surface area (TPSA) is 47.9 Å². The molecule has 0 bridgehead atoms. The van der Waals surface area contributed by atoms with Crippen molar-refractivity contribution in [3.63, 3.8) is 0 Å². The van der Waals surface area contributed by atoms with E-state index in [0.29, 0.717) is 11.3 Å². The van der Waals surface area contributed by atoms with E-state index in [1.165, 1.54) is 6.07 Å². The van der Waals surface area contributed by atoms with E-state index in [9.17, 15) is 9.18 Å². The van der Waals surface area contributed by atoms with Gasteiger partial charge in [0.1, 0.15) is 0 Å². The van der Waals surface area contributed by atoms with Gasteiger partial charge < -0.3 is 9.47 Å². The lowest BCUT2D eigenvalue weighted by atomic mass is 9.88. The summed E-state index contributed by atoms with van der Waals surface area (Å²) in [5.41, 5.74) is 0.0360. The van der Waals surface area contributed by atoms with Crippen LogP contribution in [0.5, 0.6) is 11.5 Å². The van der Waals surface area contributed by atoms with Crippen molar-refractivity contribution in [1.29, 1.82) is 0 Å². The molecule has 18 heavy (non-hydrogen) atoms. The summed E-state index contributed by atoms with van der Waals surface area (Å²) in [6.07, 6.45) is 5.04. The van der Waals surface area contributed by atoms with E-state index in [1.54, 1.807) is 12.1 Å². The Balaban J connectivity index is 2.11. The molecule has 0 spiro atoms. The van der Waals surface area contributed by atoms with Gasteiger partial charge in [0.05, 0.1) is 5.54 Å². The van der Waals surface area contributed by atoms with Crippen LogP contribution < -0.4 is 9.47 Å². The smallest absolute Gasteiger partial charge is 0.235 e. The molecule has 0 radical (unpaired) electrons. The molecule has 1 fully saturated rings. The summed E-state index contributed by atoms with van der Waals surface area (Å²) >= 11 is 0. The summed E-state index contributed by atoms with van der Waals surface area (Å²) in [6, 6.07) is 3.11. The van der Waals surface area contributed by atoms with Gasteiger partial charge in [0, 0.05) is 0 Å². The zero-order chi connectivity index (χ0) is 12.6. The number of isocyanates is 1. The van der Waals surface area contributed by atoms with Gasteiger partial charge in [-0.15, -0.1) is 0 Å². The third-order valence-corrected chi connectivity index (χ3v) is 3.65. The highest BCUT2D eigenvalue weighted by atomic mass is 19.1. The van der Waals surface area contributed by atoms with Crippen LogP contribution in [0, 0.1) is 5.82 Å². The van der Waals surface area contributed by atoms with Crippen LogP contribution >= 0.6 is 0 Å². The van der Waals surface area contributed by atoms with Crippen molar-refractivity contribution in [1.82, 2.24) is 0 Å². The SMILES string of the molecule is O=C=NC1(c2cc(F)c3c(c2)OCO3)CCCC1. The van der Waals surface area contributed by atoms with Crippen molar-refractivity contribution >= 4 is 6.08 Å². The summed E-state index contributed by atoms with van der Waals surface area (Å²) in [5, 5.41) is 0. The van der Waals surface area contributed by atoms with E-state index in [4.69, 9.17) is 9.47 Å². The second kappa shape index (κ2) is 4.10. The fourth-order valence-electron chi connectivity index (χ4n) is 2.75. The molecule has 1 saturated carbocycles. The number of hydrogen-bond acceptors (Lipinski definition) is 4. The van der Waals surface area contributed by atoms with Crippen LogP contribution in [-0.2, 0) is 10.3 Å². The van der Waals surface area contributed by atoms with Crippen molar-refractivity contribution in [3.8, 4) is 11.5 Å². The third kappa shape index (κ3) is 1.59. The molecule has 0 N–H and O–H groups in total. The molecular formula is C13H12FNO3. The summed E-state index contributed by atoms with van der Waals surface area (Å²) in [7, 11) is 0. The molecule has 0 aromatic heterocycles. The Labute approximate surface area is 103 Å². The first-order chi connectivity index (χ1) is 8.75. The second-order valence-electron chi connectivity index (χ2n) is 4.63. The van der Waals surface area contributed by atoms with Crippen LogP contribution in [0.1, 0.15) is 31.2 Å². The van der Waals surface area contributed by atoms with E-state index in [1.807, 2.05) is 0 Å². The molecule has 0 atom stereocenters. The van der Waals surface area contributed by atoms with Crippen molar-refractivity contribution < 1.29 is 18.7 Å². The Morgan fingerprint density at radius 1 is 1.28 bits per heavy atom. The van der Waals surface area contributed by atoms with Gasteiger partial charge in [0.15, 0.2) is 11.6 Å². The van der Waals surface area contributed by atoms with Crippen LogP contribution in [0.4, 0.5) is 4.39 Å². The maximum atomic E-state index is 13.9. The molecule has 1 aliphatic heterocycles. The van der Waals surface area contributed by atoms with E-state index in [2.05, 4.69) is 4.99 Å². The summed E-state index contributed by atoms with van der Waals surface area (Å²) in [6.45, 7) is 0.0274. The molecule has 1 aromatic rings. The van der Waals surface area contributed by atoms with E-state index in [-0.39, 0.29) is 12.5 Å². The van der Waals surface area contributed by atoms with Gasteiger partial charge in [-0.25, -0.2) is 9.18 Å². The predicted octanol–water partition coefficient (Wildman–Crippen LogP) is 2.66. The van der Waals surface area contributed by atoms with Crippen LogP contribution in [-0.4, -0.2) is 12.9 Å². The minimum atomic E-state index is -0.635. The van der Waals surface area contributed by atoms with Crippen molar-refractivity contribution in [2.45, 2.75) is 31.2 Å². The maximum Gasteiger partial charge on any atom is 0.235 e. The zero-order valence-electron chi connectivity index (χ0n) is 9.74. The highest BCUT2D eigenvalue weighted by Gasteiger charge is 2.37. The molecule has 94 valence electrons. The second-order valence-corrected chi connectivity index (χ2v) is 4.63. The first-order valence-electron chi connectivity index (χ1n) is 5.94. The van der Waals surface area contributed by atoms with Crippen LogP contribution in [0.3, 0.4) is 0 Å². The summed E-state index contributed by atoms with van der Waals surface area (Å²) in [5.74, 6) is 0.0618. The number of ether oxygens (including phenoxy) is 2. The molecule has 0 amide bonds. The van der Waals surface area contributed by atoms with Gasteiger partial charge in [-0.3, -0.25) is 0 Å². The molecule has 5 heteroatoms. The Hall–Kier alpha value is -1.87. The summed E-state index contributed by atoms with van der Waals surface area (Å²) < 4.78 is 24.1. The Morgan fingerprint density at radius 2 is 2.06 bits per heavy atom. The highest BCUT2D eigenvalue weighted by molar-refractivity contribution is 5.49. The molecule has 2 aliphatic rings. The van der Waals surface area contributed by atoms with Crippen molar-refractivity contribution in [2.75, 3.05) is 6.79 Å². The number of hydrogen-bond donors (Lipinski definition) is 0. The molecule has 0 unspecified atom stereocenters. The largest absolute Gasteiger partial charge is 0.453 e. The molecule has 3 rings (SSSR count). The molecule has 1 heterocycles. The molecule has 4 nitrogen and oxygen atoms in total. The average Bonchev–Trinajstić information content (AvgIpc) is 2.98.